The first-order valence-corrected chi connectivity index (χ1v) is 14.7. The maximum atomic E-state index is 12.2. The number of thioether (sulfide) groups is 1. The molecule has 0 radical (unpaired) electrons. The number of hydrogen-bond acceptors (Lipinski definition) is 6. The van der Waals surface area contributed by atoms with Gasteiger partial charge < -0.3 is 15.2 Å². The number of benzene rings is 1. The average Bonchev–Trinajstić information content (AvgIpc) is 3.35. The summed E-state index contributed by atoms with van der Waals surface area (Å²) in [4.78, 5) is 22.8. The molecule has 3 rings (SSSR count). The zero-order valence-corrected chi connectivity index (χ0v) is 25.1. The van der Waals surface area contributed by atoms with Gasteiger partial charge in [0.15, 0.2) is 5.16 Å². The minimum Gasteiger partial charge on any atom is -0.400 e. The summed E-state index contributed by atoms with van der Waals surface area (Å²) in [5, 5.41) is 20.4. The van der Waals surface area contributed by atoms with Crippen molar-refractivity contribution in [3.8, 4) is 5.69 Å². The second-order valence-corrected chi connectivity index (χ2v) is 10.8. The van der Waals surface area contributed by atoms with Crippen molar-refractivity contribution < 1.29 is 14.7 Å². The molecule has 1 aromatic carbocycles. The fraction of sp³-hybridized carbons (Fsp3) is 0.333. The molecule has 2 atom stereocenters. The third-order valence-corrected chi connectivity index (χ3v) is 7.45. The van der Waals surface area contributed by atoms with E-state index in [-0.39, 0.29) is 29.4 Å². The van der Waals surface area contributed by atoms with E-state index in [2.05, 4.69) is 41.2 Å². The van der Waals surface area contributed by atoms with Crippen LogP contribution in [0, 0.1) is 0 Å². The van der Waals surface area contributed by atoms with E-state index < -0.39 is 0 Å². The lowest BCUT2D eigenvalue weighted by Crippen LogP contribution is -2.12. The van der Waals surface area contributed by atoms with Crippen LogP contribution in [-0.2, 0) is 16.0 Å². The van der Waals surface area contributed by atoms with Crippen molar-refractivity contribution in [2.24, 2.45) is 0 Å². The highest BCUT2D eigenvalue weighted by Gasteiger charge is 2.22. The number of allylic oxidation sites excluding steroid dienone is 8. The first-order valence-electron chi connectivity index (χ1n) is 13.0. The molecule has 0 aliphatic heterocycles. The third-order valence-electron chi connectivity index (χ3n) is 5.65. The van der Waals surface area contributed by atoms with Crippen molar-refractivity contribution in [1.82, 2.24) is 14.8 Å². The molecule has 10 heteroatoms. The number of carbonyl (C=O) groups is 2. The molecule has 0 saturated carbocycles. The number of carbonyl (C=O) groups excluding carboxylic acids is 2. The number of aliphatic hydroxyl groups is 1. The molecule has 0 fully saturated rings. The molecular formula is C30H36Cl2N4O3S. The van der Waals surface area contributed by atoms with E-state index in [0.29, 0.717) is 10.7 Å². The summed E-state index contributed by atoms with van der Waals surface area (Å²) in [7, 11) is 1.00. The highest BCUT2D eigenvalue weighted by molar-refractivity contribution is 8.00. The number of amides is 1. The Morgan fingerprint density at radius 1 is 1.35 bits per heavy atom. The summed E-state index contributed by atoms with van der Waals surface area (Å²) in [6.07, 6.45) is 17.8. The van der Waals surface area contributed by atoms with E-state index in [0.717, 1.165) is 55.7 Å². The van der Waals surface area contributed by atoms with Crippen LogP contribution in [0.25, 0.3) is 5.69 Å². The quantitative estimate of drug-likeness (QED) is 0.105. The van der Waals surface area contributed by atoms with Crippen molar-refractivity contribution in [3.05, 3.63) is 89.8 Å². The van der Waals surface area contributed by atoms with Gasteiger partial charge in [-0.25, -0.2) is 0 Å². The Bertz CT molecular complexity index is 1250. The SMILES string of the molecule is C=C/C=C(Cl)\C=C/CC(Sc1nnc(CCC)n1-c1cccc(NC(=O)CCC=O)c1)C1=CCC(Cl)C=C1.CO. The van der Waals surface area contributed by atoms with Crippen LogP contribution in [0.5, 0.6) is 0 Å². The van der Waals surface area contributed by atoms with Crippen LogP contribution in [0.15, 0.2) is 89.1 Å². The van der Waals surface area contributed by atoms with Gasteiger partial charge in [0.25, 0.3) is 0 Å². The summed E-state index contributed by atoms with van der Waals surface area (Å²) in [5.41, 5.74) is 2.68. The number of hydrogen-bond donors (Lipinski definition) is 2. The first kappa shape index (κ1) is 33.3. The Kier molecular flexibility index (Phi) is 15.4. The molecule has 1 heterocycles. The van der Waals surface area contributed by atoms with Crippen molar-refractivity contribution in [2.75, 3.05) is 12.4 Å². The fourth-order valence-corrected chi connectivity index (χ4v) is 5.38. The van der Waals surface area contributed by atoms with Gasteiger partial charge in [-0.1, -0.05) is 73.3 Å². The first-order chi connectivity index (χ1) is 19.4. The number of aryl methyl sites for hydroxylation is 1. The predicted molar refractivity (Wildman–Crippen MR) is 166 cm³/mol. The molecule has 0 saturated heterocycles. The number of halogens is 2. The largest absolute Gasteiger partial charge is 0.400 e. The number of aliphatic hydroxyl groups excluding tert-OH is 1. The molecule has 1 aliphatic rings. The van der Waals surface area contributed by atoms with Crippen molar-refractivity contribution in [3.63, 3.8) is 0 Å². The van der Waals surface area contributed by atoms with Gasteiger partial charge in [0.2, 0.25) is 5.91 Å². The van der Waals surface area contributed by atoms with Crippen LogP contribution in [0.3, 0.4) is 0 Å². The van der Waals surface area contributed by atoms with E-state index in [1.165, 1.54) is 5.57 Å². The molecule has 2 unspecified atom stereocenters. The fourth-order valence-electron chi connectivity index (χ4n) is 3.86. The maximum absolute atomic E-state index is 12.2. The van der Waals surface area contributed by atoms with E-state index in [1.54, 1.807) is 23.9 Å². The predicted octanol–water partition coefficient (Wildman–Crippen LogP) is 6.96. The Morgan fingerprint density at radius 3 is 2.83 bits per heavy atom. The lowest BCUT2D eigenvalue weighted by molar-refractivity contribution is -0.118. The maximum Gasteiger partial charge on any atom is 0.224 e. The lowest BCUT2D eigenvalue weighted by atomic mass is 10.0. The summed E-state index contributed by atoms with van der Waals surface area (Å²) in [6.45, 7) is 5.79. The molecule has 1 aliphatic carbocycles. The average molecular weight is 604 g/mol. The van der Waals surface area contributed by atoms with Gasteiger partial charge in [-0.2, -0.15) is 0 Å². The summed E-state index contributed by atoms with van der Waals surface area (Å²) >= 11 is 14.1. The lowest BCUT2D eigenvalue weighted by Gasteiger charge is -2.20. The van der Waals surface area contributed by atoms with E-state index in [9.17, 15) is 9.59 Å². The Morgan fingerprint density at radius 2 is 2.15 bits per heavy atom. The number of rotatable bonds is 14. The standard InChI is InChI=1S/C29H32Cl2N4O2S.CH4O/c1-3-8-22(30)10-5-13-26(21-15-17-23(31)18-16-21)38-29-34-33-27(9-4-2)35(29)25-12-6-11-24(20-25)32-28(37)14-7-19-36;1-2/h3,5-6,8,10-12,15-17,19-20,23,26H,1,4,7,9,13-14,18H2,2H3,(H,32,37);2H,1H3/b10-5-,22-8+;. The molecule has 2 aromatic rings. The number of anilines is 1. The van der Waals surface area contributed by atoms with Crippen molar-refractivity contribution in [1.29, 1.82) is 0 Å². The van der Waals surface area contributed by atoms with Crippen molar-refractivity contribution >= 4 is 52.8 Å². The molecule has 0 spiro atoms. The molecule has 7 nitrogen and oxygen atoms in total. The normalized spacial score (nSPS) is 15.7. The molecule has 40 heavy (non-hydrogen) atoms. The monoisotopic (exact) mass is 602 g/mol. The highest BCUT2D eigenvalue weighted by Crippen LogP contribution is 2.35. The second-order valence-electron chi connectivity index (χ2n) is 8.63. The van der Waals surface area contributed by atoms with Gasteiger partial charge in [0, 0.05) is 42.3 Å². The molecular weight excluding hydrogens is 567 g/mol. The molecule has 0 bridgehead atoms. The Hall–Kier alpha value is -2.91. The Balaban J connectivity index is 0.00000274. The van der Waals surface area contributed by atoms with Crippen LogP contribution in [0.4, 0.5) is 5.69 Å². The van der Waals surface area contributed by atoms with Crippen LogP contribution in [-0.4, -0.2) is 49.8 Å². The topological polar surface area (TPSA) is 97.1 Å². The van der Waals surface area contributed by atoms with Crippen LogP contribution in [0.2, 0.25) is 0 Å². The molecule has 1 aromatic heterocycles. The molecule has 2 N–H and O–H groups in total. The minimum absolute atomic E-state index is 0.00537. The number of aromatic nitrogens is 3. The van der Waals surface area contributed by atoms with Crippen LogP contribution >= 0.6 is 35.0 Å². The van der Waals surface area contributed by atoms with E-state index >= 15 is 0 Å². The van der Waals surface area contributed by atoms with Crippen molar-refractivity contribution in [2.45, 2.75) is 61.2 Å². The number of aldehydes is 1. The highest BCUT2D eigenvalue weighted by atomic mass is 35.5. The zero-order chi connectivity index (χ0) is 29.3. The van der Waals surface area contributed by atoms with Crippen LogP contribution in [0.1, 0.15) is 44.9 Å². The minimum atomic E-state index is -0.203. The van der Waals surface area contributed by atoms with Crippen LogP contribution < -0.4 is 5.32 Å². The summed E-state index contributed by atoms with van der Waals surface area (Å²) < 4.78 is 2.05. The molecule has 1 amide bonds. The Labute approximate surface area is 250 Å². The third kappa shape index (κ3) is 10.6. The number of nitrogens with zero attached hydrogens (tertiary/aromatic N) is 3. The van der Waals surface area contributed by atoms with E-state index in [4.69, 9.17) is 28.3 Å². The van der Waals surface area contributed by atoms with Gasteiger partial charge in [0.05, 0.1) is 11.1 Å². The number of alkyl halides is 1. The molecule has 214 valence electrons. The van der Waals surface area contributed by atoms with Gasteiger partial charge >= 0.3 is 0 Å². The van der Waals surface area contributed by atoms with Gasteiger partial charge in [-0.05, 0) is 55.2 Å². The van der Waals surface area contributed by atoms with Gasteiger partial charge in [-0.15, -0.1) is 21.8 Å². The smallest absolute Gasteiger partial charge is 0.224 e. The number of nitrogens with one attached hydrogen (secondary N) is 1. The summed E-state index contributed by atoms with van der Waals surface area (Å²) in [6, 6.07) is 7.58. The zero-order valence-electron chi connectivity index (χ0n) is 22.8. The summed E-state index contributed by atoms with van der Waals surface area (Å²) in [5.74, 6) is 0.644. The van der Waals surface area contributed by atoms with Gasteiger partial charge in [0.1, 0.15) is 12.1 Å². The van der Waals surface area contributed by atoms with E-state index in [1.807, 2.05) is 47.1 Å². The second kappa shape index (κ2) is 18.4. The van der Waals surface area contributed by atoms with Gasteiger partial charge in [-0.3, -0.25) is 9.36 Å².